The van der Waals surface area contributed by atoms with Crippen LogP contribution in [0.3, 0.4) is 0 Å². The van der Waals surface area contributed by atoms with Gasteiger partial charge in [-0.25, -0.2) is 4.98 Å². The molecule has 0 unspecified atom stereocenters. The molecule has 0 spiro atoms. The summed E-state index contributed by atoms with van der Waals surface area (Å²) in [4.78, 5) is 21.0. The number of carbonyl (C=O) groups is 1. The van der Waals surface area contributed by atoms with Crippen molar-refractivity contribution in [1.82, 2.24) is 24.0 Å². The number of ether oxygens (including phenoxy) is 1. The van der Waals surface area contributed by atoms with Gasteiger partial charge in [0.1, 0.15) is 12.4 Å². The molecule has 0 saturated carbocycles. The van der Waals surface area contributed by atoms with E-state index in [0.29, 0.717) is 13.2 Å². The Morgan fingerprint density at radius 1 is 1.32 bits per heavy atom. The molecule has 3 heterocycles. The number of nitrogens with zero attached hydrogens (tertiary/aromatic N) is 6. The molecule has 3 rings (SSSR count). The van der Waals surface area contributed by atoms with Crippen molar-refractivity contribution < 1.29 is 9.53 Å². The van der Waals surface area contributed by atoms with E-state index in [1.54, 1.807) is 10.9 Å². The Labute approximate surface area is 151 Å². The fraction of sp³-hybridized carbons (Fsp3) is 0.625. The predicted molar refractivity (Wildman–Crippen MR) is 95.6 cm³/mol. The lowest BCUT2D eigenvalue weighted by Gasteiger charge is -2.21. The van der Waals surface area contributed by atoms with Crippen molar-refractivity contribution in [2.45, 2.75) is 26.4 Å². The zero-order chi connectivity index (χ0) is 17.6. The molecule has 0 atom stereocenters. The van der Waals surface area contributed by atoms with Crippen LogP contribution in [0, 0.1) is 0 Å². The van der Waals surface area contributed by atoms with Gasteiger partial charge in [-0.05, 0) is 12.5 Å². The van der Waals surface area contributed by atoms with E-state index in [1.165, 1.54) is 11.5 Å². The Balaban J connectivity index is 1.47. The van der Waals surface area contributed by atoms with Crippen molar-refractivity contribution in [2.24, 2.45) is 7.05 Å². The van der Waals surface area contributed by atoms with Gasteiger partial charge in [-0.2, -0.15) is 9.47 Å². The van der Waals surface area contributed by atoms with Crippen molar-refractivity contribution in [3.8, 4) is 0 Å². The van der Waals surface area contributed by atoms with Crippen LogP contribution in [-0.2, 0) is 29.6 Å². The molecule has 0 aliphatic carbocycles. The Morgan fingerprint density at radius 2 is 2.20 bits per heavy atom. The number of amides is 1. The number of hydrogen-bond donors (Lipinski definition) is 0. The number of anilines is 1. The summed E-state index contributed by atoms with van der Waals surface area (Å²) in [6, 6.07) is 1.89. The number of aromatic nitrogens is 4. The SMILES string of the molecule is CCc1nsc(N2CCCN(C(=O)COCc3ccnn3C)CC2)n1. The van der Waals surface area contributed by atoms with Crippen molar-refractivity contribution in [1.29, 1.82) is 0 Å². The molecule has 1 amide bonds. The minimum absolute atomic E-state index is 0.0375. The van der Waals surface area contributed by atoms with E-state index in [9.17, 15) is 4.79 Å². The monoisotopic (exact) mass is 364 g/mol. The summed E-state index contributed by atoms with van der Waals surface area (Å²) in [6.45, 7) is 5.68. The van der Waals surface area contributed by atoms with Gasteiger partial charge < -0.3 is 14.5 Å². The number of hydrogen-bond acceptors (Lipinski definition) is 7. The maximum atomic E-state index is 12.4. The first-order chi connectivity index (χ1) is 12.2. The maximum Gasteiger partial charge on any atom is 0.248 e. The summed E-state index contributed by atoms with van der Waals surface area (Å²) < 4.78 is 11.7. The van der Waals surface area contributed by atoms with Gasteiger partial charge in [-0.3, -0.25) is 9.48 Å². The second kappa shape index (κ2) is 8.39. The van der Waals surface area contributed by atoms with Crippen molar-refractivity contribution in [3.63, 3.8) is 0 Å². The second-order valence-electron chi connectivity index (χ2n) is 6.01. The van der Waals surface area contributed by atoms with E-state index in [0.717, 1.165) is 49.1 Å². The summed E-state index contributed by atoms with van der Waals surface area (Å²) in [6.07, 6.45) is 3.50. The Bertz CT molecular complexity index is 700. The number of rotatable bonds is 6. The van der Waals surface area contributed by atoms with Gasteiger partial charge in [-0.15, -0.1) is 0 Å². The molecule has 9 heteroatoms. The quantitative estimate of drug-likeness (QED) is 0.764. The lowest BCUT2D eigenvalue weighted by Crippen LogP contribution is -2.37. The molecule has 0 radical (unpaired) electrons. The molecule has 8 nitrogen and oxygen atoms in total. The minimum atomic E-state index is 0.0375. The highest BCUT2D eigenvalue weighted by molar-refractivity contribution is 7.09. The van der Waals surface area contributed by atoms with Crippen LogP contribution in [-0.4, -0.2) is 62.7 Å². The highest BCUT2D eigenvalue weighted by Crippen LogP contribution is 2.19. The molecule has 0 N–H and O–H groups in total. The molecule has 0 aromatic carbocycles. The Kier molecular flexibility index (Phi) is 5.98. The molecule has 136 valence electrons. The van der Waals surface area contributed by atoms with Crippen LogP contribution >= 0.6 is 11.5 Å². The van der Waals surface area contributed by atoms with Crippen LogP contribution in [0.2, 0.25) is 0 Å². The summed E-state index contributed by atoms with van der Waals surface area (Å²) in [5, 5.41) is 5.04. The maximum absolute atomic E-state index is 12.4. The lowest BCUT2D eigenvalue weighted by molar-refractivity contribution is -0.136. The van der Waals surface area contributed by atoms with E-state index in [1.807, 2.05) is 18.0 Å². The van der Waals surface area contributed by atoms with E-state index >= 15 is 0 Å². The summed E-state index contributed by atoms with van der Waals surface area (Å²) in [5.41, 5.74) is 0.956. The van der Waals surface area contributed by atoms with Gasteiger partial charge >= 0.3 is 0 Å². The third-order valence-corrected chi connectivity index (χ3v) is 5.11. The molecule has 25 heavy (non-hydrogen) atoms. The highest BCUT2D eigenvalue weighted by Gasteiger charge is 2.21. The Morgan fingerprint density at radius 3 is 2.92 bits per heavy atom. The Hall–Kier alpha value is -2.00. The molecule has 1 aliphatic rings. The van der Waals surface area contributed by atoms with Gasteiger partial charge in [0, 0.05) is 57.4 Å². The highest BCUT2D eigenvalue weighted by atomic mass is 32.1. The molecule has 2 aromatic heterocycles. The summed E-state index contributed by atoms with van der Waals surface area (Å²) in [5.74, 6) is 0.927. The smallest absolute Gasteiger partial charge is 0.248 e. The normalized spacial score (nSPS) is 15.4. The number of carbonyl (C=O) groups excluding carboxylic acids is 1. The van der Waals surface area contributed by atoms with Crippen LogP contribution in [0.4, 0.5) is 5.13 Å². The minimum Gasteiger partial charge on any atom is -0.365 e. The van der Waals surface area contributed by atoms with Crippen molar-refractivity contribution in [3.05, 3.63) is 23.8 Å². The van der Waals surface area contributed by atoms with Crippen molar-refractivity contribution >= 4 is 22.6 Å². The first kappa shape index (κ1) is 17.8. The largest absolute Gasteiger partial charge is 0.365 e. The molecule has 1 saturated heterocycles. The molecular formula is C16H24N6O2S. The van der Waals surface area contributed by atoms with E-state index in [-0.39, 0.29) is 12.5 Å². The average molecular weight is 364 g/mol. The van der Waals surface area contributed by atoms with Crippen LogP contribution < -0.4 is 4.90 Å². The van der Waals surface area contributed by atoms with Gasteiger partial charge in [0.15, 0.2) is 0 Å². The topological polar surface area (TPSA) is 76.4 Å². The van der Waals surface area contributed by atoms with Crippen LogP contribution in [0.25, 0.3) is 0 Å². The fourth-order valence-corrected chi connectivity index (χ4v) is 3.55. The molecular weight excluding hydrogens is 340 g/mol. The van der Waals surface area contributed by atoms with Crippen LogP contribution in [0.5, 0.6) is 0 Å². The summed E-state index contributed by atoms with van der Waals surface area (Å²) >= 11 is 1.44. The predicted octanol–water partition coefficient (Wildman–Crippen LogP) is 1.09. The first-order valence-corrected chi connectivity index (χ1v) is 9.34. The van der Waals surface area contributed by atoms with E-state index in [4.69, 9.17) is 4.74 Å². The van der Waals surface area contributed by atoms with Crippen molar-refractivity contribution in [2.75, 3.05) is 37.7 Å². The van der Waals surface area contributed by atoms with Gasteiger partial charge in [0.2, 0.25) is 11.0 Å². The third-order valence-electron chi connectivity index (χ3n) is 4.29. The second-order valence-corrected chi connectivity index (χ2v) is 6.74. The fourth-order valence-electron chi connectivity index (χ4n) is 2.75. The summed E-state index contributed by atoms with van der Waals surface area (Å²) in [7, 11) is 1.86. The zero-order valence-electron chi connectivity index (χ0n) is 14.7. The van der Waals surface area contributed by atoms with E-state index < -0.39 is 0 Å². The average Bonchev–Trinajstić information content (AvgIpc) is 3.17. The molecule has 1 aliphatic heterocycles. The van der Waals surface area contributed by atoms with Crippen LogP contribution in [0.15, 0.2) is 12.3 Å². The van der Waals surface area contributed by atoms with Gasteiger partial charge in [-0.1, -0.05) is 6.92 Å². The molecule has 2 aromatic rings. The number of aryl methyl sites for hydroxylation is 2. The molecule has 1 fully saturated rings. The third kappa shape index (κ3) is 4.55. The zero-order valence-corrected chi connectivity index (χ0v) is 15.5. The lowest BCUT2D eigenvalue weighted by atomic mass is 10.4. The molecule has 0 bridgehead atoms. The van der Waals surface area contributed by atoms with Gasteiger partial charge in [0.05, 0.1) is 12.3 Å². The first-order valence-electron chi connectivity index (χ1n) is 8.57. The van der Waals surface area contributed by atoms with E-state index in [2.05, 4.69) is 26.3 Å². The van der Waals surface area contributed by atoms with Gasteiger partial charge in [0.25, 0.3) is 0 Å². The van der Waals surface area contributed by atoms with Crippen LogP contribution in [0.1, 0.15) is 24.9 Å². The standard InChI is InChI=1S/C16H24N6O2S/c1-3-14-18-16(25-19-14)22-8-4-7-21(9-10-22)15(23)12-24-11-13-5-6-17-20(13)2/h5-6H,3-4,7-12H2,1-2H3.